The summed E-state index contributed by atoms with van der Waals surface area (Å²) in [5, 5.41) is 3.65. The van der Waals surface area contributed by atoms with Crippen LogP contribution < -0.4 is 5.32 Å². The highest BCUT2D eigenvalue weighted by atomic mass is 35.5. The summed E-state index contributed by atoms with van der Waals surface area (Å²) in [7, 11) is 0. The molecule has 1 N–H and O–H groups in total. The van der Waals surface area contributed by atoms with Gasteiger partial charge in [-0.2, -0.15) is 0 Å². The molecule has 7 heteroatoms. The molecule has 0 unspecified atom stereocenters. The first-order valence-corrected chi connectivity index (χ1v) is 12.3. The number of hydrogen-bond donors (Lipinski definition) is 1. The molecular weight excluding hydrogens is 460 g/mol. The Morgan fingerprint density at radius 1 is 1.00 bits per heavy atom. The van der Waals surface area contributed by atoms with Crippen LogP contribution in [0, 0.1) is 0 Å². The van der Waals surface area contributed by atoms with Crippen molar-refractivity contribution in [1.29, 1.82) is 0 Å². The van der Waals surface area contributed by atoms with Crippen LogP contribution in [-0.4, -0.2) is 45.9 Å². The minimum Gasteiger partial charge on any atom is -0.356 e. The van der Waals surface area contributed by atoms with Crippen molar-refractivity contribution in [2.24, 2.45) is 0 Å². The van der Waals surface area contributed by atoms with E-state index in [9.17, 15) is 9.59 Å². The second kappa shape index (κ2) is 13.5. The number of para-hydroxylation sites is 2. The number of amides is 2. The molecule has 0 fully saturated rings. The predicted octanol–water partition coefficient (Wildman–Crippen LogP) is 4.96. The van der Waals surface area contributed by atoms with Gasteiger partial charge in [-0.25, -0.2) is 4.98 Å². The van der Waals surface area contributed by atoms with Gasteiger partial charge in [0, 0.05) is 31.1 Å². The summed E-state index contributed by atoms with van der Waals surface area (Å²) in [5.41, 5.74) is 2.80. The van der Waals surface area contributed by atoms with Gasteiger partial charge in [-0.15, -0.1) is 13.2 Å². The van der Waals surface area contributed by atoms with Crippen LogP contribution >= 0.6 is 11.6 Å². The maximum absolute atomic E-state index is 12.9. The number of aromatic nitrogens is 2. The van der Waals surface area contributed by atoms with Crippen molar-refractivity contribution >= 4 is 34.4 Å². The molecule has 3 aromatic rings. The lowest BCUT2D eigenvalue weighted by Gasteiger charge is -2.20. The third-order valence-corrected chi connectivity index (χ3v) is 6.01. The Balaban J connectivity index is 1.51. The summed E-state index contributed by atoms with van der Waals surface area (Å²) in [6.07, 6.45) is 7.34. The van der Waals surface area contributed by atoms with Gasteiger partial charge in [-0.1, -0.05) is 54.4 Å². The first kappa shape index (κ1) is 26.2. The Morgan fingerprint density at radius 3 is 2.43 bits per heavy atom. The first-order chi connectivity index (χ1) is 17.0. The summed E-state index contributed by atoms with van der Waals surface area (Å²) in [5.74, 6) is 0.928. The second-order valence-electron chi connectivity index (χ2n) is 8.44. The zero-order chi connectivity index (χ0) is 25.0. The van der Waals surface area contributed by atoms with Crippen molar-refractivity contribution in [1.82, 2.24) is 19.8 Å². The molecule has 0 spiro atoms. The minimum absolute atomic E-state index is 0.0104. The van der Waals surface area contributed by atoms with Gasteiger partial charge >= 0.3 is 0 Å². The fourth-order valence-electron chi connectivity index (χ4n) is 3.98. The maximum Gasteiger partial charge on any atom is 0.243 e. The highest BCUT2D eigenvalue weighted by Gasteiger charge is 2.17. The number of halogens is 1. The van der Waals surface area contributed by atoms with Crippen molar-refractivity contribution in [3.05, 3.63) is 90.3 Å². The summed E-state index contributed by atoms with van der Waals surface area (Å²) in [4.78, 5) is 31.6. The van der Waals surface area contributed by atoms with Gasteiger partial charge in [0.1, 0.15) is 12.4 Å². The monoisotopic (exact) mass is 492 g/mol. The zero-order valence-electron chi connectivity index (χ0n) is 20.1. The Labute approximate surface area is 212 Å². The van der Waals surface area contributed by atoms with Gasteiger partial charge in [-0.3, -0.25) is 9.59 Å². The lowest BCUT2D eigenvalue weighted by molar-refractivity contribution is -0.130. The van der Waals surface area contributed by atoms with Crippen LogP contribution in [0.2, 0.25) is 5.02 Å². The van der Waals surface area contributed by atoms with Crippen molar-refractivity contribution in [2.45, 2.75) is 38.6 Å². The van der Waals surface area contributed by atoms with Gasteiger partial charge in [0.15, 0.2) is 0 Å². The quantitative estimate of drug-likeness (QED) is 0.255. The number of carbonyl (C=O) groups is 2. The largest absolute Gasteiger partial charge is 0.356 e. The van der Waals surface area contributed by atoms with E-state index in [0.717, 1.165) is 48.1 Å². The SMILES string of the molecule is C=CCN(CC=C)C(=O)Cn1c(CCCCCNC(=O)Cc2ccc(Cl)cc2)nc2ccccc21. The third-order valence-electron chi connectivity index (χ3n) is 5.76. The average molecular weight is 493 g/mol. The number of nitrogens with zero attached hydrogens (tertiary/aromatic N) is 3. The van der Waals surface area contributed by atoms with Crippen LogP contribution in [0.1, 0.15) is 30.7 Å². The third kappa shape index (κ3) is 7.82. The molecule has 6 nitrogen and oxygen atoms in total. The van der Waals surface area contributed by atoms with E-state index in [4.69, 9.17) is 16.6 Å². The number of nitrogens with one attached hydrogen (secondary N) is 1. The van der Waals surface area contributed by atoms with Crippen LogP contribution in [-0.2, 0) is 29.0 Å². The lowest BCUT2D eigenvalue weighted by Crippen LogP contribution is -2.34. The normalized spacial score (nSPS) is 10.8. The van der Waals surface area contributed by atoms with E-state index < -0.39 is 0 Å². The van der Waals surface area contributed by atoms with E-state index in [0.29, 0.717) is 31.1 Å². The Hall–Kier alpha value is -3.38. The molecule has 0 aliphatic heterocycles. The number of aryl methyl sites for hydroxylation is 1. The standard InChI is InChI=1S/C28H33ClN4O2/c1-3-18-32(19-4-2)28(35)21-33-25-11-8-7-10-24(25)31-26(33)12-6-5-9-17-30-27(34)20-22-13-15-23(29)16-14-22/h3-4,7-8,10-11,13-16H,1-2,5-6,9,12,17-21H2,(H,30,34). The Bertz CT molecular complexity index is 1140. The average Bonchev–Trinajstić information content (AvgIpc) is 3.19. The van der Waals surface area contributed by atoms with Gasteiger partial charge in [0.05, 0.1) is 17.5 Å². The van der Waals surface area contributed by atoms with E-state index in [1.54, 1.807) is 29.2 Å². The van der Waals surface area contributed by atoms with E-state index >= 15 is 0 Å². The van der Waals surface area contributed by atoms with Crippen LogP contribution in [0.15, 0.2) is 73.8 Å². The molecule has 2 amide bonds. The molecule has 0 saturated heterocycles. The molecule has 0 aliphatic carbocycles. The summed E-state index contributed by atoms with van der Waals surface area (Å²) in [6, 6.07) is 15.2. The lowest BCUT2D eigenvalue weighted by atomic mass is 10.1. The molecule has 0 atom stereocenters. The molecule has 1 heterocycles. The fourth-order valence-corrected chi connectivity index (χ4v) is 4.11. The van der Waals surface area contributed by atoms with E-state index in [2.05, 4.69) is 18.5 Å². The summed E-state index contributed by atoms with van der Waals surface area (Å²) >= 11 is 5.89. The van der Waals surface area contributed by atoms with E-state index in [1.165, 1.54) is 0 Å². The molecule has 1 aromatic heterocycles. The number of hydrogen-bond acceptors (Lipinski definition) is 3. The molecule has 0 aliphatic rings. The maximum atomic E-state index is 12.9. The van der Waals surface area contributed by atoms with Crippen LogP contribution in [0.4, 0.5) is 0 Å². The fraction of sp³-hybridized carbons (Fsp3) is 0.321. The number of rotatable bonds is 14. The molecule has 2 aromatic carbocycles. The second-order valence-corrected chi connectivity index (χ2v) is 8.88. The van der Waals surface area contributed by atoms with Gasteiger partial charge < -0.3 is 14.8 Å². The van der Waals surface area contributed by atoms with Crippen molar-refractivity contribution in [2.75, 3.05) is 19.6 Å². The molecular formula is C28H33ClN4O2. The minimum atomic E-state index is 0.0104. The molecule has 0 bridgehead atoms. The summed E-state index contributed by atoms with van der Waals surface area (Å²) < 4.78 is 2.02. The Morgan fingerprint density at radius 2 is 1.71 bits per heavy atom. The van der Waals surface area contributed by atoms with Crippen molar-refractivity contribution < 1.29 is 9.59 Å². The zero-order valence-corrected chi connectivity index (χ0v) is 20.8. The van der Waals surface area contributed by atoms with Gasteiger partial charge in [0.25, 0.3) is 0 Å². The number of benzene rings is 2. The highest BCUT2D eigenvalue weighted by Crippen LogP contribution is 2.18. The van der Waals surface area contributed by atoms with Crippen molar-refractivity contribution in [3.8, 4) is 0 Å². The van der Waals surface area contributed by atoms with Crippen LogP contribution in [0.25, 0.3) is 11.0 Å². The topological polar surface area (TPSA) is 67.2 Å². The molecule has 0 saturated carbocycles. The first-order valence-electron chi connectivity index (χ1n) is 12.0. The molecule has 35 heavy (non-hydrogen) atoms. The summed E-state index contributed by atoms with van der Waals surface area (Å²) in [6.45, 7) is 9.34. The molecule has 0 radical (unpaired) electrons. The number of carbonyl (C=O) groups excluding carboxylic acids is 2. The van der Waals surface area contributed by atoms with Crippen LogP contribution in [0.3, 0.4) is 0 Å². The smallest absolute Gasteiger partial charge is 0.243 e. The predicted molar refractivity (Wildman–Crippen MR) is 142 cm³/mol. The van der Waals surface area contributed by atoms with Crippen LogP contribution in [0.5, 0.6) is 0 Å². The van der Waals surface area contributed by atoms with Gasteiger partial charge in [0.2, 0.25) is 11.8 Å². The molecule has 3 rings (SSSR count). The molecule has 184 valence electrons. The number of unbranched alkanes of at least 4 members (excludes halogenated alkanes) is 2. The number of imidazole rings is 1. The van der Waals surface area contributed by atoms with E-state index in [-0.39, 0.29) is 18.4 Å². The highest BCUT2D eigenvalue weighted by molar-refractivity contribution is 6.30. The Kier molecular flexibility index (Phi) is 10.1. The van der Waals surface area contributed by atoms with Gasteiger partial charge in [-0.05, 0) is 42.7 Å². The number of fused-ring (bicyclic) bond motifs is 1. The van der Waals surface area contributed by atoms with E-state index in [1.807, 2.05) is 41.0 Å². The van der Waals surface area contributed by atoms with Crippen molar-refractivity contribution in [3.63, 3.8) is 0 Å².